The van der Waals surface area contributed by atoms with Crippen LogP contribution in [0.3, 0.4) is 0 Å². The van der Waals surface area contributed by atoms with Gasteiger partial charge in [0.05, 0.1) is 6.61 Å². The summed E-state index contributed by atoms with van der Waals surface area (Å²) in [6, 6.07) is 0. The molecule has 0 aromatic carbocycles. The second kappa shape index (κ2) is 8.89. The minimum Gasteiger partial charge on any atom is -0.396 e. The molecule has 88 valence electrons. The molecule has 0 radical (unpaired) electrons. The molecule has 1 aliphatic rings. The average Bonchev–Trinajstić information content (AvgIpc) is 2.29. The van der Waals surface area contributed by atoms with Crippen LogP contribution >= 0.6 is 0 Å². The maximum Gasteiger partial charge on any atom is 0.157 e. The van der Waals surface area contributed by atoms with Crippen LogP contribution in [0.4, 0.5) is 0 Å². The van der Waals surface area contributed by atoms with Gasteiger partial charge in [-0.2, -0.15) is 0 Å². The molecule has 15 heavy (non-hydrogen) atoms. The molecule has 1 atom stereocenters. The summed E-state index contributed by atoms with van der Waals surface area (Å²) in [5, 5.41) is 8.55. The van der Waals surface area contributed by atoms with Gasteiger partial charge in [0.15, 0.2) is 6.29 Å². The van der Waals surface area contributed by atoms with Crippen molar-refractivity contribution in [2.45, 2.75) is 44.8 Å². The van der Waals surface area contributed by atoms with E-state index in [-0.39, 0.29) is 12.9 Å². The van der Waals surface area contributed by atoms with Crippen molar-refractivity contribution in [1.82, 2.24) is 0 Å². The number of rotatable bonds is 7. The summed E-state index contributed by atoms with van der Waals surface area (Å²) in [7, 11) is 0. The molecule has 1 saturated heterocycles. The summed E-state index contributed by atoms with van der Waals surface area (Å²) in [5.41, 5.74) is 0. The zero-order valence-corrected chi connectivity index (χ0v) is 9.36. The molecule has 0 spiro atoms. The second-order valence-electron chi connectivity index (χ2n) is 3.79. The fourth-order valence-corrected chi connectivity index (χ4v) is 1.57. The Morgan fingerprint density at radius 1 is 1.27 bits per heavy atom. The normalized spacial score (nSPS) is 22.3. The first-order valence-electron chi connectivity index (χ1n) is 5.92. The lowest BCUT2D eigenvalue weighted by Crippen LogP contribution is -2.22. The van der Waals surface area contributed by atoms with Gasteiger partial charge < -0.3 is 14.6 Å². The molecule has 1 N–H and O–H groups in total. The Kier molecular flexibility index (Phi) is 7.52. The summed E-state index contributed by atoms with van der Waals surface area (Å²) < 4.78 is 11.0. The van der Waals surface area contributed by atoms with Gasteiger partial charge in [-0.25, -0.2) is 0 Å². The van der Waals surface area contributed by atoms with Crippen molar-refractivity contribution in [3.8, 4) is 0 Å². The molecule has 1 rings (SSSR count). The summed E-state index contributed by atoms with van der Waals surface area (Å²) in [4.78, 5) is 0. The smallest absolute Gasteiger partial charge is 0.157 e. The molecule has 3 heteroatoms. The predicted octanol–water partition coefficient (Wildman–Crippen LogP) is 2.25. The highest BCUT2D eigenvalue weighted by molar-refractivity contribution is 4.80. The zero-order chi connectivity index (χ0) is 10.8. The molecule has 1 aliphatic heterocycles. The molecule has 0 aromatic rings. The third-order valence-corrected chi connectivity index (χ3v) is 2.42. The van der Waals surface area contributed by atoms with E-state index in [1.54, 1.807) is 0 Å². The average molecular weight is 214 g/mol. The number of allylic oxidation sites excluding steroid dienone is 1. The monoisotopic (exact) mass is 214 g/mol. The zero-order valence-electron chi connectivity index (χ0n) is 9.36. The molecule has 3 nitrogen and oxygen atoms in total. The highest BCUT2D eigenvalue weighted by atomic mass is 16.7. The van der Waals surface area contributed by atoms with Crippen LogP contribution in [0.1, 0.15) is 38.5 Å². The van der Waals surface area contributed by atoms with Crippen molar-refractivity contribution in [2.24, 2.45) is 0 Å². The largest absolute Gasteiger partial charge is 0.396 e. The maximum atomic E-state index is 8.55. The lowest BCUT2D eigenvalue weighted by atomic mass is 10.2. The van der Waals surface area contributed by atoms with Crippen LogP contribution in [0.2, 0.25) is 0 Å². The van der Waals surface area contributed by atoms with Crippen LogP contribution in [0.25, 0.3) is 0 Å². The fourth-order valence-electron chi connectivity index (χ4n) is 1.57. The number of hydrogen-bond acceptors (Lipinski definition) is 3. The molecule has 0 aromatic heterocycles. The van der Waals surface area contributed by atoms with Crippen molar-refractivity contribution >= 4 is 0 Å². The van der Waals surface area contributed by atoms with Crippen LogP contribution in [0.15, 0.2) is 12.2 Å². The van der Waals surface area contributed by atoms with Gasteiger partial charge in [0.25, 0.3) is 0 Å². The van der Waals surface area contributed by atoms with Crippen LogP contribution in [-0.2, 0) is 9.47 Å². The van der Waals surface area contributed by atoms with E-state index in [0.717, 1.165) is 38.9 Å². The van der Waals surface area contributed by atoms with Gasteiger partial charge in [-0.3, -0.25) is 0 Å². The van der Waals surface area contributed by atoms with E-state index >= 15 is 0 Å². The van der Waals surface area contributed by atoms with Crippen LogP contribution in [-0.4, -0.2) is 31.2 Å². The Balaban J connectivity index is 1.87. The van der Waals surface area contributed by atoms with E-state index in [4.69, 9.17) is 14.6 Å². The van der Waals surface area contributed by atoms with Crippen molar-refractivity contribution < 1.29 is 14.6 Å². The number of ether oxygens (including phenoxy) is 2. The number of aliphatic hydroxyl groups is 1. The quantitative estimate of drug-likeness (QED) is 0.522. The fraction of sp³-hybridized carbons (Fsp3) is 0.833. The third-order valence-electron chi connectivity index (χ3n) is 2.42. The molecule has 0 saturated carbocycles. The first-order valence-corrected chi connectivity index (χ1v) is 5.92. The molecule has 0 unspecified atom stereocenters. The number of hydrogen-bond donors (Lipinski definition) is 1. The topological polar surface area (TPSA) is 38.7 Å². The Morgan fingerprint density at radius 3 is 2.87 bits per heavy atom. The van der Waals surface area contributed by atoms with E-state index < -0.39 is 0 Å². The van der Waals surface area contributed by atoms with Gasteiger partial charge in [0, 0.05) is 13.2 Å². The SMILES string of the molecule is OCC/C=C/CCCO[C@@H]1CCCCO1. The Hall–Kier alpha value is -0.380. The van der Waals surface area contributed by atoms with Crippen LogP contribution in [0.5, 0.6) is 0 Å². The van der Waals surface area contributed by atoms with Gasteiger partial charge in [-0.05, 0) is 38.5 Å². The summed E-state index contributed by atoms with van der Waals surface area (Å²) in [6.45, 7) is 1.86. The van der Waals surface area contributed by atoms with E-state index in [1.807, 2.05) is 6.08 Å². The van der Waals surface area contributed by atoms with Crippen molar-refractivity contribution in [3.05, 3.63) is 12.2 Å². The lowest BCUT2D eigenvalue weighted by molar-refractivity contribution is -0.162. The maximum absolute atomic E-state index is 8.55. The summed E-state index contributed by atoms with van der Waals surface area (Å²) >= 11 is 0. The van der Waals surface area contributed by atoms with Crippen LogP contribution in [0, 0.1) is 0 Å². The Morgan fingerprint density at radius 2 is 2.13 bits per heavy atom. The summed E-state index contributed by atoms with van der Waals surface area (Å²) in [5.74, 6) is 0. The Bertz CT molecular complexity index is 162. The molecule has 0 aliphatic carbocycles. The summed E-state index contributed by atoms with van der Waals surface area (Å²) in [6.07, 6.45) is 10.4. The van der Waals surface area contributed by atoms with Crippen molar-refractivity contribution in [3.63, 3.8) is 0 Å². The predicted molar refractivity (Wildman–Crippen MR) is 59.6 cm³/mol. The van der Waals surface area contributed by atoms with Gasteiger partial charge in [0.1, 0.15) is 0 Å². The van der Waals surface area contributed by atoms with Gasteiger partial charge in [0.2, 0.25) is 0 Å². The van der Waals surface area contributed by atoms with Crippen LogP contribution < -0.4 is 0 Å². The van der Waals surface area contributed by atoms with E-state index in [0.29, 0.717) is 0 Å². The number of aliphatic hydroxyl groups excluding tert-OH is 1. The first-order chi connectivity index (χ1) is 7.43. The molecule has 0 amide bonds. The van der Waals surface area contributed by atoms with Gasteiger partial charge >= 0.3 is 0 Å². The minimum atomic E-state index is 0.0418. The Labute approximate surface area is 92.1 Å². The highest BCUT2D eigenvalue weighted by Crippen LogP contribution is 2.13. The lowest BCUT2D eigenvalue weighted by Gasteiger charge is -2.22. The molecule has 0 bridgehead atoms. The van der Waals surface area contributed by atoms with Crippen molar-refractivity contribution in [2.75, 3.05) is 19.8 Å². The van der Waals surface area contributed by atoms with Gasteiger partial charge in [-0.15, -0.1) is 0 Å². The van der Waals surface area contributed by atoms with E-state index in [2.05, 4.69) is 6.08 Å². The standard InChI is InChI=1S/C12H22O3/c13-9-5-2-1-3-6-10-14-12-8-4-7-11-15-12/h1-2,12-13H,3-11H2/b2-1+/t12-/m0/s1. The third kappa shape index (κ3) is 6.66. The number of unbranched alkanes of at least 4 members (excludes halogenated alkanes) is 1. The molecule has 1 heterocycles. The van der Waals surface area contributed by atoms with Crippen molar-refractivity contribution in [1.29, 1.82) is 0 Å². The molecule has 1 fully saturated rings. The van der Waals surface area contributed by atoms with E-state index in [1.165, 1.54) is 12.8 Å². The van der Waals surface area contributed by atoms with E-state index in [9.17, 15) is 0 Å². The molecular formula is C12H22O3. The first kappa shape index (κ1) is 12.7. The highest BCUT2D eigenvalue weighted by Gasteiger charge is 2.12. The van der Waals surface area contributed by atoms with Gasteiger partial charge in [-0.1, -0.05) is 12.2 Å². The second-order valence-corrected chi connectivity index (χ2v) is 3.79. The molecular weight excluding hydrogens is 192 g/mol. The minimum absolute atomic E-state index is 0.0418.